The van der Waals surface area contributed by atoms with Crippen molar-refractivity contribution >= 4 is 17.9 Å². The fourth-order valence-corrected chi connectivity index (χ4v) is 1.05. The maximum atomic E-state index is 11.1. The standard InChI is InChI=1S/C10H14O5.C8H14O2/c1-7(9(12)13)3-4-8(2)10(14)15-6-5-11;1-6(2)5-10-8(9)7(3)4/h3,11H,2,4-6H2,1H3,(H,12,13);6H,3,5H2,1-2,4H3. The maximum Gasteiger partial charge on any atom is 0.333 e. The first-order chi connectivity index (χ1) is 11.5. The normalized spacial score (nSPS) is 10.4. The second-order valence-electron chi connectivity index (χ2n) is 5.63. The molecule has 0 fully saturated rings. The van der Waals surface area contributed by atoms with E-state index in [1.807, 2.05) is 13.8 Å². The van der Waals surface area contributed by atoms with Gasteiger partial charge in [-0.15, -0.1) is 0 Å². The lowest BCUT2D eigenvalue weighted by Gasteiger charge is -2.05. The van der Waals surface area contributed by atoms with Gasteiger partial charge < -0.3 is 19.7 Å². The van der Waals surface area contributed by atoms with Crippen molar-refractivity contribution < 1.29 is 34.1 Å². The van der Waals surface area contributed by atoms with Crippen LogP contribution in [0.5, 0.6) is 0 Å². The number of carboxylic acid groups (broad SMARTS) is 1. The molecule has 25 heavy (non-hydrogen) atoms. The van der Waals surface area contributed by atoms with Gasteiger partial charge in [0, 0.05) is 16.7 Å². The number of hydrogen-bond acceptors (Lipinski definition) is 6. The first-order valence-electron chi connectivity index (χ1n) is 7.71. The summed E-state index contributed by atoms with van der Waals surface area (Å²) < 4.78 is 9.41. The van der Waals surface area contributed by atoms with Crippen LogP contribution in [0.15, 0.2) is 36.0 Å². The van der Waals surface area contributed by atoms with E-state index in [1.54, 1.807) is 6.92 Å². The number of aliphatic hydroxyl groups excluding tert-OH is 1. The van der Waals surface area contributed by atoms with Crippen LogP contribution in [-0.4, -0.2) is 47.9 Å². The van der Waals surface area contributed by atoms with Crippen LogP contribution >= 0.6 is 0 Å². The molecule has 0 saturated carbocycles. The van der Waals surface area contributed by atoms with E-state index in [0.717, 1.165) is 0 Å². The molecule has 2 N–H and O–H groups in total. The lowest BCUT2D eigenvalue weighted by atomic mass is 10.1. The predicted molar refractivity (Wildman–Crippen MR) is 93.8 cm³/mol. The summed E-state index contributed by atoms with van der Waals surface area (Å²) in [6, 6.07) is 0. The van der Waals surface area contributed by atoms with Gasteiger partial charge >= 0.3 is 17.9 Å². The van der Waals surface area contributed by atoms with Crippen LogP contribution in [0.2, 0.25) is 0 Å². The molecular weight excluding hydrogens is 328 g/mol. The SMILES string of the molecule is C=C(C)C(=O)OCC(C)C.C=C(CC=C(C)C(=O)O)C(=O)OCCO. The summed E-state index contributed by atoms with van der Waals surface area (Å²) in [7, 11) is 0. The van der Waals surface area contributed by atoms with Gasteiger partial charge in [-0.05, 0) is 26.2 Å². The summed E-state index contributed by atoms with van der Waals surface area (Å²) in [6.45, 7) is 14.1. The Kier molecular flexibility index (Phi) is 13.9. The second kappa shape index (κ2) is 14.0. The largest absolute Gasteiger partial charge is 0.478 e. The van der Waals surface area contributed by atoms with Gasteiger partial charge in [0.25, 0.3) is 0 Å². The average Bonchev–Trinajstić information content (AvgIpc) is 2.54. The molecule has 7 nitrogen and oxygen atoms in total. The zero-order valence-corrected chi connectivity index (χ0v) is 15.3. The van der Waals surface area contributed by atoms with Gasteiger partial charge in [0.05, 0.1) is 13.2 Å². The van der Waals surface area contributed by atoms with Crippen molar-refractivity contribution in [2.45, 2.75) is 34.1 Å². The van der Waals surface area contributed by atoms with Crippen molar-refractivity contribution in [1.82, 2.24) is 0 Å². The van der Waals surface area contributed by atoms with Gasteiger partial charge in [-0.1, -0.05) is 33.1 Å². The van der Waals surface area contributed by atoms with Gasteiger partial charge in [0.15, 0.2) is 0 Å². The van der Waals surface area contributed by atoms with Crippen LogP contribution < -0.4 is 0 Å². The first kappa shape index (κ1) is 24.8. The molecular formula is C18H28O7. The van der Waals surface area contributed by atoms with E-state index in [2.05, 4.69) is 17.9 Å². The van der Waals surface area contributed by atoms with Gasteiger partial charge in [-0.2, -0.15) is 0 Å². The van der Waals surface area contributed by atoms with Crippen LogP contribution in [0.25, 0.3) is 0 Å². The number of carbonyl (C=O) groups is 3. The van der Waals surface area contributed by atoms with Crippen molar-refractivity contribution in [2.75, 3.05) is 19.8 Å². The number of esters is 2. The Labute approximate surface area is 148 Å². The van der Waals surface area contributed by atoms with E-state index in [9.17, 15) is 14.4 Å². The average molecular weight is 356 g/mol. The fraction of sp³-hybridized carbons (Fsp3) is 0.500. The molecule has 0 rings (SSSR count). The zero-order chi connectivity index (χ0) is 20.0. The molecule has 0 spiro atoms. The molecule has 7 heteroatoms. The molecule has 0 aliphatic rings. The molecule has 0 aromatic rings. The number of ether oxygens (including phenoxy) is 2. The minimum Gasteiger partial charge on any atom is -0.478 e. The van der Waals surface area contributed by atoms with Crippen molar-refractivity contribution in [2.24, 2.45) is 5.92 Å². The molecule has 0 unspecified atom stereocenters. The summed E-state index contributed by atoms with van der Waals surface area (Å²) in [5.41, 5.74) is 0.760. The van der Waals surface area contributed by atoms with E-state index in [4.69, 9.17) is 14.9 Å². The Balaban J connectivity index is 0. The monoisotopic (exact) mass is 356 g/mol. The molecule has 0 bridgehead atoms. The Hall–Kier alpha value is -2.41. The molecule has 0 amide bonds. The molecule has 142 valence electrons. The van der Waals surface area contributed by atoms with Crippen molar-refractivity contribution in [3.63, 3.8) is 0 Å². The van der Waals surface area contributed by atoms with Crippen molar-refractivity contribution in [3.05, 3.63) is 36.0 Å². The number of hydrogen-bond donors (Lipinski definition) is 2. The summed E-state index contributed by atoms with van der Waals surface area (Å²) in [4.78, 5) is 32.2. The lowest BCUT2D eigenvalue weighted by molar-refractivity contribution is -0.140. The summed E-state index contributed by atoms with van der Waals surface area (Å²) in [6.07, 6.45) is 1.51. The third-order valence-electron chi connectivity index (χ3n) is 2.50. The minimum absolute atomic E-state index is 0.0838. The van der Waals surface area contributed by atoms with E-state index >= 15 is 0 Å². The number of aliphatic hydroxyl groups is 1. The quantitative estimate of drug-likeness (QED) is 0.481. The molecule has 0 aromatic heterocycles. The van der Waals surface area contributed by atoms with Gasteiger partial charge in [-0.3, -0.25) is 0 Å². The number of carbonyl (C=O) groups excluding carboxylic acids is 2. The molecule has 0 aliphatic heterocycles. The topological polar surface area (TPSA) is 110 Å². The first-order valence-corrected chi connectivity index (χ1v) is 7.71. The van der Waals surface area contributed by atoms with E-state index in [0.29, 0.717) is 18.1 Å². The molecule has 0 saturated heterocycles. The number of allylic oxidation sites excluding steroid dienone is 1. The Morgan fingerprint density at radius 1 is 1.08 bits per heavy atom. The molecule has 0 aromatic carbocycles. The number of rotatable bonds is 9. The molecule has 0 atom stereocenters. The second-order valence-corrected chi connectivity index (χ2v) is 5.63. The fourth-order valence-electron chi connectivity index (χ4n) is 1.05. The third-order valence-corrected chi connectivity index (χ3v) is 2.50. The van der Waals surface area contributed by atoms with Crippen LogP contribution in [0.4, 0.5) is 0 Å². The van der Waals surface area contributed by atoms with Crippen LogP contribution in [0.1, 0.15) is 34.1 Å². The highest BCUT2D eigenvalue weighted by Gasteiger charge is 2.07. The van der Waals surface area contributed by atoms with Gasteiger partial charge in [0.1, 0.15) is 6.61 Å². The lowest BCUT2D eigenvalue weighted by Crippen LogP contribution is -2.10. The third kappa shape index (κ3) is 14.9. The van der Waals surface area contributed by atoms with Crippen LogP contribution in [-0.2, 0) is 23.9 Å². The van der Waals surface area contributed by atoms with Gasteiger partial charge in [0.2, 0.25) is 0 Å². The smallest absolute Gasteiger partial charge is 0.333 e. The maximum absolute atomic E-state index is 11.1. The molecule has 0 radical (unpaired) electrons. The van der Waals surface area contributed by atoms with Gasteiger partial charge in [-0.25, -0.2) is 14.4 Å². The highest BCUT2D eigenvalue weighted by atomic mass is 16.5. The Bertz CT molecular complexity index is 516. The van der Waals surface area contributed by atoms with Crippen LogP contribution in [0.3, 0.4) is 0 Å². The van der Waals surface area contributed by atoms with E-state index in [1.165, 1.54) is 13.0 Å². The highest BCUT2D eigenvalue weighted by Crippen LogP contribution is 2.05. The predicted octanol–water partition coefficient (Wildman–Crippen LogP) is 2.26. The summed E-state index contributed by atoms with van der Waals surface area (Å²) >= 11 is 0. The number of carboxylic acids is 1. The van der Waals surface area contributed by atoms with Crippen molar-refractivity contribution in [3.8, 4) is 0 Å². The molecule has 0 heterocycles. The highest BCUT2D eigenvalue weighted by molar-refractivity contribution is 5.89. The molecule has 0 aliphatic carbocycles. The van der Waals surface area contributed by atoms with E-state index < -0.39 is 11.9 Å². The van der Waals surface area contributed by atoms with Crippen molar-refractivity contribution in [1.29, 1.82) is 0 Å². The van der Waals surface area contributed by atoms with E-state index in [-0.39, 0.29) is 36.8 Å². The number of aliphatic carboxylic acids is 1. The van der Waals surface area contributed by atoms with Crippen LogP contribution in [0, 0.1) is 5.92 Å². The minimum atomic E-state index is -1.04. The Morgan fingerprint density at radius 3 is 2.04 bits per heavy atom. The summed E-state index contributed by atoms with van der Waals surface area (Å²) in [5, 5.41) is 16.9. The zero-order valence-electron chi connectivity index (χ0n) is 15.3. The summed E-state index contributed by atoms with van der Waals surface area (Å²) in [5.74, 6) is -1.57. The Morgan fingerprint density at radius 2 is 1.64 bits per heavy atom.